The van der Waals surface area contributed by atoms with Crippen LogP contribution in [0.4, 0.5) is 0 Å². The molecule has 4 nitrogen and oxygen atoms in total. The first-order chi connectivity index (χ1) is 9.24. The summed E-state index contributed by atoms with van der Waals surface area (Å²) in [6.07, 6.45) is 2.05. The maximum absolute atomic E-state index is 12.7. The smallest absolute Gasteiger partial charge is 0.263 e. The molecule has 0 saturated heterocycles. The van der Waals surface area contributed by atoms with E-state index in [-0.39, 0.29) is 5.56 Å². The summed E-state index contributed by atoms with van der Waals surface area (Å²) in [5.74, 6) is 1.08. The van der Waals surface area contributed by atoms with Gasteiger partial charge in [-0.25, -0.2) is 4.98 Å². The lowest BCUT2D eigenvalue weighted by Gasteiger charge is -2.22. The molecular weight excluding hydrogens is 278 g/mol. The third-order valence-corrected chi connectivity index (χ3v) is 6.05. The molecular formula is C13H15N3OS2. The third kappa shape index (κ3) is 1.77. The molecule has 2 aliphatic heterocycles. The van der Waals surface area contributed by atoms with Gasteiger partial charge in [-0.2, -0.15) is 0 Å². The minimum atomic E-state index is 0.189. The van der Waals surface area contributed by atoms with Crippen molar-refractivity contribution in [2.24, 2.45) is 0 Å². The largest absolute Gasteiger partial charge is 0.301 e. The van der Waals surface area contributed by atoms with Crippen molar-refractivity contribution in [3.8, 4) is 0 Å². The quantitative estimate of drug-likeness (QED) is 0.696. The highest BCUT2D eigenvalue weighted by molar-refractivity contribution is 7.99. The van der Waals surface area contributed by atoms with Crippen LogP contribution in [0, 0.1) is 0 Å². The van der Waals surface area contributed by atoms with Gasteiger partial charge in [0.05, 0.1) is 5.39 Å². The van der Waals surface area contributed by atoms with Crippen LogP contribution in [0.15, 0.2) is 9.95 Å². The van der Waals surface area contributed by atoms with E-state index in [0.29, 0.717) is 0 Å². The molecule has 4 rings (SSSR count). The monoisotopic (exact) mass is 293 g/mol. The molecule has 2 aliphatic rings. The fraction of sp³-hybridized carbons (Fsp3) is 0.538. The summed E-state index contributed by atoms with van der Waals surface area (Å²) in [6, 6.07) is 0. The van der Waals surface area contributed by atoms with E-state index in [9.17, 15) is 4.79 Å². The van der Waals surface area contributed by atoms with E-state index >= 15 is 0 Å². The Morgan fingerprint density at radius 1 is 1.32 bits per heavy atom. The average molecular weight is 293 g/mol. The highest BCUT2D eigenvalue weighted by atomic mass is 32.2. The Kier molecular flexibility index (Phi) is 2.72. The summed E-state index contributed by atoms with van der Waals surface area (Å²) in [5.41, 5.74) is 1.45. The molecule has 2 aromatic heterocycles. The summed E-state index contributed by atoms with van der Waals surface area (Å²) >= 11 is 3.42. The molecule has 4 heterocycles. The highest BCUT2D eigenvalue weighted by Crippen LogP contribution is 2.34. The Morgan fingerprint density at radius 2 is 2.21 bits per heavy atom. The van der Waals surface area contributed by atoms with Crippen molar-refractivity contribution in [2.45, 2.75) is 31.1 Å². The van der Waals surface area contributed by atoms with Crippen LogP contribution in [0.25, 0.3) is 10.2 Å². The first kappa shape index (κ1) is 11.9. The van der Waals surface area contributed by atoms with Crippen molar-refractivity contribution >= 4 is 33.3 Å². The van der Waals surface area contributed by atoms with E-state index in [1.54, 1.807) is 23.1 Å². The lowest BCUT2D eigenvalue weighted by molar-refractivity contribution is 0.318. The predicted molar refractivity (Wildman–Crippen MR) is 79.3 cm³/mol. The van der Waals surface area contributed by atoms with Crippen LogP contribution in [0.3, 0.4) is 0 Å². The highest BCUT2D eigenvalue weighted by Gasteiger charge is 2.24. The van der Waals surface area contributed by atoms with Crippen LogP contribution in [-0.4, -0.2) is 33.8 Å². The molecule has 0 unspecified atom stereocenters. The van der Waals surface area contributed by atoms with E-state index in [4.69, 9.17) is 4.98 Å². The van der Waals surface area contributed by atoms with Crippen molar-refractivity contribution < 1.29 is 0 Å². The van der Waals surface area contributed by atoms with Crippen molar-refractivity contribution in [2.75, 3.05) is 19.3 Å². The van der Waals surface area contributed by atoms with Gasteiger partial charge < -0.3 is 4.90 Å². The Morgan fingerprint density at radius 3 is 3.11 bits per heavy atom. The van der Waals surface area contributed by atoms with E-state index in [0.717, 1.165) is 53.6 Å². The summed E-state index contributed by atoms with van der Waals surface area (Å²) in [5, 5.41) is 1.81. The molecule has 0 N–H and O–H groups in total. The van der Waals surface area contributed by atoms with Crippen molar-refractivity contribution in [1.82, 2.24) is 14.5 Å². The summed E-state index contributed by atoms with van der Waals surface area (Å²) < 4.78 is 1.88. The van der Waals surface area contributed by atoms with Gasteiger partial charge in [-0.15, -0.1) is 11.3 Å². The Hall–Kier alpha value is -0.850. The predicted octanol–water partition coefficient (Wildman–Crippen LogP) is 1.94. The van der Waals surface area contributed by atoms with Crippen molar-refractivity contribution in [3.63, 3.8) is 0 Å². The number of hydrogen-bond donors (Lipinski definition) is 0. The normalized spacial score (nSPS) is 19.4. The third-order valence-electron chi connectivity index (χ3n) is 3.87. The van der Waals surface area contributed by atoms with Crippen LogP contribution in [0.1, 0.15) is 16.9 Å². The number of likely N-dealkylation sites (N-methyl/N-ethyl adjacent to an activating group) is 1. The van der Waals surface area contributed by atoms with E-state index < -0.39 is 0 Å². The molecule has 0 fully saturated rings. The fourth-order valence-electron chi connectivity index (χ4n) is 2.88. The van der Waals surface area contributed by atoms with Gasteiger partial charge in [-0.1, -0.05) is 11.8 Å². The summed E-state index contributed by atoms with van der Waals surface area (Å²) in [7, 11) is 2.13. The standard InChI is InChI=1S/C13H15N3OS2/c1-15-5-3-8-9(7-15)19-11-10(8)12(17)16-4-2-6-18-13(16)14-11/h2-7H2,1H3. The SMILES string of the molecule is CN1CCc2c(sc3nc4n(c(=O)c23)CCCS4)C1. The van der Waals surface area contributed by atoms with Crippen LogP contribution in [-0.2, 0) is 19.5 Å². The molecule has 6 heteroatoms. The van der Waals surface area contributed by atoms with E-state index in [1.165, 1.54) is 10.4 Å². The van der Waals surface area contributed by atoms with Gasteiger partial charge in [0.15, 0.2) is 5.16 Å². The van der Waals surface area contributed by atoms with Gasteiger partial charge >= 0.3 is 0 Å². The zero-order valence-electron chi connectivity index (χ0n) is 10.8. The second-order valence-electron chi connectivity index (χ2n) is 5.22. The lowest BCUT2D eigenvalue weighted by Crippen LogP contribution is -2.28. The van der Waals surface area contributed by atoms with Crippen LogP contribution in [0.5, 0.6) is 0 Å². The molecule has 19 heavy (non-hydrogen) atoms. The van der Waals surface area contributed by atoms with Gasteiger partial charge in [0, 0.05) is 30.3 Å². The lowest BCUT2D eigenvalue weighted by atomic mass is 10.1. The van der Waals surface area contributed by atoms with Gasteiger partial charge in [0.1, 0.15) is 4.83 Å². The zero-order valence-corrected chi connectivity index (χ0v) is 12.4. The second-order valence-corrected chi connectivity index (χ2v) is 7.37. The van der Waals surface area contributed by atoms with Gasteiger partial charge in [0.25, 0.3) is 5.56 Å². The fourth-order valence-corrected chi connectivity index (χ4v) is 5.17. The van der Waals surface area contributed by atoms with Crippen LogP contribution in [0.2, 0.25) is 0 Å². The molecule has 0 amide bonds. The van der Waals surface area contributed by atoms with E-state index in [1.807, 2.05) is 4.57 Å². The number of aromatic nitrogens is 2. The molecule has 2 aromatic rings. The molecule has 0 saturated carbocycles. The molecule has 100 valence electrons. The summed E-state index contributed by atoms with van der Waals surface area (Å²) in [4.78, 5) is 22.0. The number of thiophene rings is 1. The summed E-state index contributed by atoms with van der Waals surface area (Å²) in [6.45, 7) is 2.82. The minimum Gasteiger partial charge on any atom is -0.301 e. The van der Waals surface area contributed by atoms with E-state index in [2.05, 4.69) is 11.9 Å². The number of rotatable bonds is 0. The minimum absolute atomic E-state index is 0.189. The van der Waals surface area contributed by atoms with Gasteiger partial charge in [-0.3, -0.25) is 9.36 Å². The molecule has 0 spiro atoms. The molecule has 0 aliphatic carbocycles. The Balaban J connectivity index is 2.02. The number of thioether (sulfide) groups is 1. The maximum atomic E-state index is 12.7. The second kappa shape index (κ2) is 4.33. The molecule has 0 radical (unpaired) electrons. The van der Waals surface area contributed by atoms with Crippen molar-refractivity contribution in [1.29, 1.82) is 0 Å². The first-order valence-electron chi connectivity index (χ1n) is 6.60. The van der Waals surface area contributed by atoms with Gasteiger partial charge in [0.2, 0.25) is 0 Å². The molecule has 0 bridgehead atoms. The topological polar surface area (TPSA) is 38.1 Å². The van der Waals surface area contributed by atoms with Crippen molar-refractivity contribution in [3.05, 3.63) is 20.8 Å². The van der Waals surface area contributed by atoms with Crippen LogP contribution >= 0.6 is 23.1 Å². The van der Waals surface area contributed by atoms with Gasteiger partial charge in [-0.05, 0) is 25.5 Å². The first-order valence-corrected chi connectivity index (χ1v) is 8.40. The number of nitrogens with zero attached hydrogens (tertiary/aromatic N) is 3. The Bertz CT molecular complexity index is 719. The Labute approximate surface area is 119 Å². The molecule has 0 aromatic carbocycles. The average Bonchev–Trinajstić information content (AvgIpc) is 2.76. The van der Waals surface area contributed by atoms with Crippen LogP contribution < -0.4 is 5.56 Å². The zero-order chi connectivity index (χ0) is 13.0. The number of hydrogen-bond acceptors (Lipinski definition) is 5. The molecule has 0 atom stereocenters. The number of fused-ring (bicyclic) bond motifs is 4. The maximum Gasteiger partial charge on any atom is 0.263 e.